The van der Waals surface area contributed by atoms with Crippen LogP contribution in [0.5, 0.6) is 0 Å². The van der Waals surface area contributed by atoms with E-state index in [1.54, 1.807) is 24.3 Å². The standard InChI is InChI=1S/C16H15F2N5O2/c17-13(18)9-23-12-4-2-1-3-10(12)21-14(23)6-8-20-16-19-7-5-11(22-16)15(24)25/h1-5,7,13H,6,8-9H2,(H,24,25)(H,19,20,22). The van der Waals surface area contributed by atoms with Crippen LogP contribution in [-0.4, -0.2) is 43.6 Å². The van der Waals surface area contributed by atoms with E-state index in [2.05, 4.69) is 20.3 Å². The Bertz CT molecular complexity index is 897. The minimum absolute atomic E-state index is 0.123. The average molecular weight is 347 g/mol. The van der Waals surface area contributed by atoms with Gasteiger partial charge in [-0.05, 0) is 18.2 Å². The number of nitrogens with one attached hydrogen (secondary N) is 1. The maximum absolute atomic E-state index is 12.9. The molecule has 2 heterocycles. The molecule has 1 aromatic carbocycles. The van der Waals surface area contributed by atoms with E-state index in [9.17, 15) is 13.6 Å². The van der Waals surface area contributed by atoms with Gasteiger partial charge in [0.1, 0.15) is 5.82 Å². The molecule has 130 valence electrons. The normalized spacial score (nSPS) is 11.2. The van der Waals surface area contributed by atoms with Gasteiger partial charge >= 0.3 is 5.97 Å². The molecule has 0 saturated heterocycles. The predicted octanol–water partition coefficient (Wildman–Crippen LogP) is 2.44. The van der Waals surface area contributed by atoms with Crippen LogP contribution in [0.3, 0.4) is 0 Å². The molecule has 2 N–H and O–H groups in total. The summed E-state index contributed by atoms with van der Waals surface area (Å²) < 4.78 is 27.2. The van der Waals surface area contributed by atoms with Gasteiger partial charge in [-0.3, -0.25) is 0 Å². The first-order valence-corrected chi connectivity index (χ1v) is 7.57. The van der Waals surface area contributed by atoms with Crippen molar-refractivity contribution in [3.05, 3.63) is 48.0 Å². The van der Waals surface area contributed by atoms with Gasteiger partial charge in [-0.15, -0.1) is 0 Å². The minimum atomic E-state index is -2.49. The molecule has 0 aliphatic heterocycles. The maximum Gasteiger partial charge on any atom is 0.354 e. The zero-order valence-corrected chi connectivity index (χ0v) is 13.1. The van der Waals surface area contributed by atoms with Crippen LogP contribution in [0.1, 0.15) is 16.3 Å². The Morgan fingerprint density at radius 3 is 2.80 bits per heavy atom. The molecule has 0 fully saturated rings. The molecule has 2 aromatic heterocycles. The molecule has 0 aliphatic carbocycles. The third-order valence-corrected chi connectivity index (χ3v) is 3.56. The van der Waals surface area contributed by atoms with Gasteiger partial charge in [0, 0.05) is 19.2 Å². The summed E-state index contributed by atoms with van der Waals surface area (Å²) in [7, 11) is 0. The fraction of sp³-hybridized carbons (Fsp3) is 0.250. The number of halogens is 2. The number of fused-ring (bicyclic) bond motifs is 1. The first-order chi connectivity index (χ1) is 12.0. The number of para-hydroxylation sites is 2. The molecular formula is C16H15F2N5O2. The number of aromatic nitrogens is 4. The molecule has 0 saturated carbocycles. The molecule has 0 atom stereocenters. The van der Waals surface area contributed by atoms with Gasteiger partial charge in [0.2, 0.25) is 5.95 Å². The number of carbonyl (C=O) groups is 1. The smallest absolute Gasteiger partial charge is 0.354 e. The van der Waals surface area contributed by atoms with Crippen LogP contribution in [0, 0.1) is 0 Å². The van der Waals surface area contributed by atoms with Gasteiger partial charge < -0.3 is 15.0 Å². The molecule has 0 amide bonds. The Morgan fingerprint density at radius 2 is 2.04 bits per heavy atom. The molecule has 3 rings (SSSR count). The van der Waals surface area contributed by atoms with Crippen LogP contribution in [0.2, 0.25) is 0 Å². The van der Waals surface area contributed by atoms with Crippen molar-refractivity contribution in [2.75, 3.05) is 11.9 Å². The zero-order chi connectivity index (χ0) is 17.8. The summed E-state index contributed by atoms with van der Waals surface area (Å²) in [6.45, 7) is -0.101. The predicted molar refractivity (Wildman–Crippen MR) is 86.9 cm³/mol. The third kappa shape index (κ3) is 3.87. The number of anilines is 1. The Morgan fingerprint density at radius 1 is 1.24 bits per heavy atom. The topological polar surface area (TPSA) is 92.9 Å². The number of carboxylic acid groups (broad SMARTS) is 1. The molecule has 0 aliphatic rings. The maximum atomic E-state index is 12.9. The minimum Gasteiger partial charge on any atom is -0.477 e. The van der Waals surface area contributed by atoms with E-state index in [4.69, 9.17) is 5.11 Å². The summed E-state index contributed by atoms with van der Waals surface area (Å²) >= 11 is 0. The summed E-state index contributed by atoms with van der Waals surface area (Å²) in [4.78, 5) is 23.1. The highest BCUT2D eigenvalue weighted by molar-refractivity contribution is 5.85. The quantitative estimate of drug-likeness (QED) is 0.682. The molecule has 0 unspecified atom stereocenters. The van der Waals surface area contributed by atoms with Gasteiger partial charge in [0.05, 0.1) is 17.6 Å². The van der Waals surface area contributed by atoms with E-state index in [0.29, 0.717) is 29.8 Å². The van der Waals surface area contributed by atoms with E-state index in [-0.39, 0.29) is 11.6 Å². The van der Waals surface area contributed by atoms with E-state index in [1.165, 1.54) is 16.8 Å². The fourth-order valence-corrected chi connectivity index (χ4v) is 2.51. The molecule has 0 spiro atoms. The van der Waals surface area contributed by atoms with Gasteiger partial charge in [0.25, 0.3) is 6.43 Å². The second-order valence-corrected chi connectivity index (χ2v) is 5.27. The monoisotopic (exact) mass is 347 g/mol. The third-order valence-electron chi connectivity index (χ3n) is 3.56. The highest BCUT2D eigenvalue weighted by atomic mass is 19.3. The van der Waals surface area contributed by atoms with Gasteiger partial charge in [-0.2, -0.15) is 0 Å². The lowest BCUT2D eigenvalue weighted by atomic mass is 10.3. The first-order valence-electron chi connectivity index (χ1n) is 7.57. The largest absolute Gasteiger partial charge is 0.477 e. The lowest BCUT2D eigenvalue weighted by molar-refractivity contribution is 0.0690. The number of benzene rings is 1. The number of alkyl halides is 2. The van der Waals surface area contributed by atoms with Crippen LogP contribution in [0.25, 0.3) is 11.0 Å². The molecule has 9 heteroatoms. The second-order valence-electron chi connectivity index (χ2n) is 5.27. The van der Waals surface area contributed by atoms with Crippen LogP contribution >= 0.6 is 0 Å². The Balaban J connectivity index is 1.74. The van der Waals surface area contributed by atoms with Crippen molar-refractivity contribution < 1.29 is 18.7 Å². The highest BCUT2D eigenvalue weighted by Gasteiger charge is 2.14. The second kappa shape index (κ2) is 7.20. The molecule has 3 aromatic rings. The van der Waals surface area contributed by atoms with Crippen molar-refractivity contribution in [1.82, 2.24) is 19.5 Å². The number of rotatable bonds is 7. The van der Waals surface area contributed by atoms with Gasteiger partial charge in [-0.1, -0.05) is 12.1 Å². The van der Waals surface area contributed by atoms with Crippen LogP contribution in [0.4, 0.5) is 14.7 Å². The van der Waals surface area contributed by atoms with Crippen molar-refractivity contribution in [3.63, 3.8) is 0 Å². The Kier molecular flexibility index (Phi) is 4.82. The Labute approximate surface area is 141 Å². The first kappa shape index (κ1) is 16.7. The highest BCUT2D eigenvalue weighted by Crippen LogP contribution is 2.18. The molecule has 0 radical (unpaired) electrons. The average Bonchev–Trinajstić information content (AvgIpc) is 2.92. The number of imidazole rings is 1. The van der Waals surface area contributed by atoms with Crippen molar-refractivity contribution in [3.8, 4) is 0 Å². The molecule has 7 nitrogen and oxygen atoms in total. The zero-order valence-electron chi connectivity index (χ0n) is 13.1. The summed E-state index contributed by atoms with van der Waals surface area (Å²) in [5.74, 6) is -0.469. The molecule has 0 bridgehead atoms. The summed E-state index contributed by atoms with van der Waals surface area (Å²) in [5, 5.41) is 11.8. The van der Waals surface area contributed by atoms with Crippen molar-refractivity contribution >= 4 is 23.0 Å². The van der Waals surface area contributed by atoms with Crippen LogP contribution < -0.4 is 5.32 Å². The number of carboxylic acids is 1. The van der Waals surface area contributed by atoms with Gasteiger partial charge in [-0.25, -0.2) is 28.5 Å². The van der Waals surface area contributed by atoms with Crippen molar-refractivity contribution in [1.29, 1.82) is 0 Å². The van der Waals surface area contributed by atoms with E-state index in [0.717, 1.165) is 0 Å². The Hall–Kier alpha value is -3.10. The van der Waals surface area contributed by atoms with Crippen LogP contribution in [0.15, 0.2) is 36.5 Å². The van der Waals surface area contributed by atoms with Crippen molar-refractivity contribution in [2.45, 2.75) is 19.4 Å². The summed E-state index contributed by atoms with van der Waals surface area (Å²) in [6.07, 6.45) is -0.785. The SMILES string of the molecule is O=C(O)c1ccnc(NCCc2nc3ccccc3n2CC(F)F)n1. The molecular weight excluding hydrogens is 332 g/mol. The number of nitrogens with zero attached hydrogens (tertiary/aromatic N) is 4. The van der Waals surface area contributed by atoms with Crippen LogP contribution in [-0.2, 0) is 13.0 Å². The van der Waals surface area contributed by atoms with E-state index < -0.39 is 18.9 Å². The number of hydrogen-bond acceptors (Lipinski definition) is 5. The van der Waals surface area contributed by atoms with E-state index in [1.807, 2.05) is 0 Å². The molecule has 25 heavy (non-hydrogen) atoms. The number of aromatic carboxylic acids is 1. The lowest BCUT2D eigenvalue weighted by Crippen LogP contribution is -2.15. The lowest BCUT2D eigenvalue weighted by Gasteiger charge is -2.09. The summed E-state index contributed by atoms with van der Waals surface area (Å²) in [5.41, 5.74) is 1.19. The summed E-state index contributed by atoms with van der Waals surface area (Å²) in [6, 6.07) is 8.39. The number of hydrogen-bond donors (Lipinski definition) is 2. The fourth-order valence-electron chi connectivity index (χ4n) is 2.51. The van der Waals surface area contributed by atoms with E-state index >= 15 is 0 Å². The van der Waals surface area contributed by atoms with Crippen molar-refractivity contribution in [2.24, 2.45) is 0 Å². The van der Waals surface area contributed by atoms with Gasteiger partial charge in [0.15, 0.2) is 5.69 Å².